The van der Waals surface area contributed by atoms with Crippen molar-refractivity contribution in [1.29, 1.82) is 0 Å². The Kier molecular flexibility index (Phi) is 19.5. The molecule has 0 saturated heterocycles. The van der Waals surface area contributed by atoms with Crippen molar-refractivity contribution < 1.29 is 0 Å². The number of unbranched alkanes of at least 4 members (excludes halogenated alkanes) is 9. The molecular weight excluding hydrogens is 248 g/mol. The lowest BCUT2D eigenvalue weighted by molar-refractivity contribution is 0.510. The lowest BCUT2D eigenvalue weighted by atomic mass is 10.0. The van der Waals surface area contributed by atoms with Gasteiger partial charge in [0.15, 0.2) is 0 Å². The molecule has 0 aromatic heterocycles. The van der Waals surface area contributed by atoms with Crippen LogP contribution in [0.15, 0.2) is 0 Å². The lowest BCUT2D eigenvalue weighted by Crippen LogP contribution is -1.95. The molecule has 0 N–H and O–H groups in total. The summed E-state index contributed by atoms with van der Waals surface area (Å²) >= 11 is 4.31. The van der Waals surface area contributed by atoms with Crippen LogP contribution in [0.4, 0.5) is 0 Å². The average Bonchev–Trinajstić information content (AvgIpc) is 2.31. The van der Waals surface area contributed by atoms with Crippen LogP contribution in [0.25, 0.3) is 0 Å². The molecule has 0 aliphatic rings. The van der Waals surface area contributed by atoms with Crippen molar-refractivity contribution >= 4 is 25.0 Å². The highest BCUT2D eigenvalue weighted by atomic mass is 35.5. The molecule has 0 aliphatic heterocycles. The second-order valence-corrected chi connectivity index (χ2v) is 5.62. The Balaban J connectivity index is 0. The van der Waals surface area contributed by atoms with Crippen molar-refractivity contribution in [3.05, 3.63) is 0 Å². The van der Waals surface area contributed by atoms with E-state index >= 15 is 0 Å². The Morgan fingerprint density at radius 3 is 1.59 bits per heavy atom. The van der Waals surface area contributed by atoms with E-state index in [1.165, 1.54) is 70.6 Å². The molecule has 0 heterocycles. The quantitative estimate of drug-likeness (QED) is 0.315. The summed E-state index contributed by atoms with van der Waals surface area (Å²) in [7, 11) is 0. The van der Waals surface area contributed by atoms with E-state index in [9.17, 15) is 0 Å². The molecular formula is C15H33ClS. The third-order valence-electron chi connectivity index (χ3n) is 3.36. The molecule has 0 amide bonds. The van der Waals surface area contributed by atoms with E-state index in [2.05, 4.69) is 26.5 Å². The smallest absolute Gasteiger partial charge is 0.00721 e. The van der Waals surface area contributed by atoms with Gasteiger partial charge in [-0.3, -0.25) is 0 Å². The Bertz CT molecular complexity index is 128. The number of hydrogen-bond acceptors (Lipinski definition) is 1. The zero-order valence-electron chi connectivity index (χ0n) is 11.9. The molecule has 0 saturated carbocycles. The first-order valence-electron chi connectivity index (χ1n) is 7.42. The van der Waals surface area contributed by atoms with Crippen LogP contribution in [0.5, 0.6) is 0 Å². The van der Waals surface area contributed by atoms with Crippen LogP contribution in [0.2, 0.25) is 0 Å². The molecule has 0 bridgehead atoms. The molecule has 0 nitrogen and oxygen atoms in total. The van der Waals surface area contributed by atoms with Gasteiger partial charge in [0, 0.05) is 0 Å². The summed E-state index contributed by atoms with van der Waals surface area (Å²) in [4.78, 5) is 0. The fourth-order valence-corrected chi connectivity index (χ4v) is 2.25. The van der Waals surface area contributed by atoms with Gasteiger partial charge in [-0.1, -0.05) is 78.1 Å². The third kappa shape index (κ3) is 16.6. The zero-order valence-corrected chi connectivity index (χ0v) is 13.6. The van der Waals surface area contributed by atoms with E-state index in [1.807, 2.05) is 0 Å². The minimum absolute atomic E-state index is 0. The molecule has 1 atom stereocenters. The van der Waals surface area contributed by atoms with Crippen LogP contribution < -0.4 is 0 Å². The normalized spacial score (nSPS) is 12.2. The second kappa shape index (κ2) is 16.6. The van der Waals surface area contributed by atoms with Gasteiger partial charge >= 0.3 is 0 Å². The SMILES string of the molecule is CCCCCCCCCCCCC(C)CS.Cl. The van der Waals surface area contributed by atoms with Crippen LogP contribution in [-0.2, 0) is 0 Å². The maximum Gasteiger partial charge on any atom is -0.00721 e. The molecule has 0 aromatic carbocycles. The van der Waals surface area contributed by atoms with Crippen molar-refractivity contribution in [2.75, 3.05) is 5.75 Å². The molecule has 0 fully saturated rings. The van der Waals surface area contributed by atoms with Crippen LogP contribution in [0, 0.1) is 5.92 Å². The topological polar surface area (TPSA) is 0 Å². The summed E-state index contributed by atoms with van der Waals surface area (Å²) in [5.41, 5.74) is 0. The van der Waals surface area contributed by atoms with Gasteiger partial charge < -0.3 is 0 Å². The third-order valence-corrected chi connectivity index (χ3v) is 3.99. The second-order valence-electron chi connectivity index (χ2n) is 5.26. The van der Waals surface area contributed by atoms with Crippen LogP contribution in [0.1, 0.15) is 84.5 Å². The lowest BCUT2D eigenvalue weighted by Gasteiger charge is -2.07. The van der Waals surface area contributed by atoms with Gasteiger partial charge in [-0.25, -0.2) is 0 Å². The van der Waals surface area contributed by atoms with Gasteiger partial charge in [0.1, 0.15) is 0 Å². The Morgan fingerprint density at radius 1 is 0.765 bits per heavy atom. The van der Waals surface area contributed by atoms with E-state index in [4.69, 9.17) is 0 Å². The predicted molar refractivity (Wildman–Crippen MR) is 86.7 cm³/mol. The molecule has 0 aliphatic carbocycles. The largest absolute Gasteiger partial charge is 0.179 e. The molecule has 0 aromatic rings. The van der Waals surface area contributed by atoms with Crippen molar-refractivity contribution in [1.82, 2.24) is 0 Å². The number of halogens is 1. The Labute approximate surface area is 121 Å². The first kappa shape index (κ1) is 20.0. The highest BCUT2D eigenvalue weighted by Gasteiger charge is 1.98. The molecule has 0 radical (unpaired) electrons. The summed E-state index contributed by atoms with van der Waals surface area (Å²) in [6.07, 6.45) is 15.8. The standard InChI is InChI=1S/C15H32S.ClH/c1-3-4-5-6-7-8-9-10-11-12-13-15(2)14-16;/h15-16H,3-14H2,1-2H3;1H. The first-order valence-corrected chi connectivity index (χ1v) is 8.05. The van der Waals surface area contributed by atoms with Gasteiger partial charge in [0.2, 0.25) is 0 Å². The van der Waals surface area contributed by atoms with Crippen molar-refractivity contribution in [3.8, 4) is 0 Å². The fourth-order valence-electron chi connectivity index (χ4n) is 2.07. The van der Waals surface area contributed by atoms with E-state index < -0.39 is 0 Å². The average molecular weight is 281 g/mol. The summed E-state index contributed by atoms with van der Waals surface area (Å²) in [6, 6.07) is 0. The summed E-state index contributed by atoms with van der Waals surface area (Å²) in [6.45, 7) is 4.59. The van der Waals surface area contributed by atoms with Crippen LogP contribution >= 0.6 is 25.0 Å². The maximum atomic E-state index is 4.31. The van der Waals surface area contributed by atoms with Crippen LogP contribution in [0.3, 0.4) is 0 Å². The summed E-state index contributed by atoms with van der Waals surface area (Å²) in [5.74, 6) is 1.87. The van der Waals surface area contributed by atoms with Crippen molar-refractivity contribution in [2.45, 2.75) is 84.5 Å². The monoisotopic (exact) mass is 280 g/mol. The Hall–Kier alpha value is 0.640. The van der Waals surface area contributed by atoms with Gasteiger partial charge in [-0.2, -0.15) is 12.6 Å². The number of rotatable bonds is 12. The summed E-state index contributed by atoms with van der Waals surface area (Å²) in [5, 5.41) is 0. The fraction of sp³-hybridized carbons (Fsp3) is 1.00. The van der Waals surface area contributed by atoms with Gasteiger partial charge in [-0.15, -0.1) is 12.4 Å². The molecule has 1 unspecified atom stereocenters. The predicted octanol–water partition coefficient (Wildman–Crippen LogP) is 6.29. The summed E-state index contributed by atoms with van der Waals surface area (Å²) < 4.78 is 0. The van der Waals surface area contributed by atoms with E-state index in [0.717, 1.165) is 11.7 Å². The molecule has 2 heteroatoms. The molecule has 0 rings (SSSR count). The van der Waals surface area contributed by atoms with Gasteiger partial charge in [0.25, 0.3) is 0 Å². The van der Waals surface area contributed by atoms with Crippen molar-refractivity contribution in [3.63, 3.8) is 0 Å². The molecule has 17 heavy (non-hydrogen) atoms. The number of thiol groups is 1. The van der Waals surface area contributed by atoms with Gasteiger partial charge in [-0.05, 0) is 18.1 Å². The zero-order chi connectivity index (χ0) is 12.1. The van der Waals surface area contributed by atoms with E-state index in [-0.39, 0.29) is 12.4 Å². The van der Waals surface area contributed by atoms with Crippen LogP contribution in [-0.4, -0.2) is 5.75 Å². The van der Waals surface area contributed by atoms with E-state index in [0.29, 0.717) is 0 Å². The minimum Gasteiger partial charge on any atom is -0.179 e. The molecule has 0 spiro atoms. The van der Waals surface area contributed by atoms with E-state index in [1.54, 1.807) is 0 Å². The van der Waals surface area contributed by atoms with Crippen molar-refractivity contribution in [2.24, 2.45) is 5.92 Å². The minimum atomic E-state index is 0. The van der Waals surface area contributed by atoms with Gasteiger partial charge in [0.05, 0.1) is 0 Å². The maximum absolute atomic E-state index is 4.31. The highest BCUT2D eigenvalue weighted by molar-refractivity contribution is 7.80. The Morgan fingerprint density at radius 2 is 1.18 bits per heavy atom. The highest BCUT2D eigenvalue weighted by Crippen LogP contribution is 2.14. The first-order chi connectivity index (χ1) is 7.81. The molecule has 106 valence electrons. The number of hydrogen-bond donors (Lipinski definition) is 1.